The Morgan fingerprint density at radius 3 is 2.24 bits per heavy atom. The average Bonchev–Trinajstić information content (AvgIpc) is 2.68. The second-order valence-electron chi connectivity index (χ2n) is 6.33. The summed E-state index contributed by atoms with van der Waals surface area (Å²) < 4.78 is 0. The molecule has 0 aliphatic carbocycles. The van der Waals surface area contributed by atoms with Gasteiger partial charge in [-0.25, -0.2) is 4.98 Å². The zero-order valence-corrected chi connectivity index (χ0v) is 13.7. The lowest BCUT2D eigenvalue weighted by atomic mass is 10.0. The summed E-state index contributed by atoms with van der Waals surface area (Å²) in [6.45, 7) is 0. The highest BCUT2D eigenvalue weighted by molar-refractivity contribution is 6.03. The molecular weight excluding hydrogens is 304 g/mol. The van der Waals surface area contributed by atoms with E-state index < -0.39 is 0 Å². The fourth-order valence-electron chi connectivity index (χ4n) is 3.52. The van der Waals surface area contributed by atoms with Crippen LogP contribution in [0.2, 0.25) is 0 Å². The molecule has 0 amide bonds. The molecule has 0 aliphatic rings. The van der Waals surface area contributed by atoms with Gasteiger partial charge in [-0.15, -0.1) is 0 Å². The van der Waals surface area contributed by atoms with E-state index in [9.17, 15) is 0 Å². The fraction of sp³-hybridized carbons (Fsp3) is 0.0435. The summed E-state index contributed by atoms with van der Waals surface area (Å²) in [4.78, 5) is 9.59. The molecule has 0 aliphatic heterocycles. The van der Waals surface area contributed by atoms with Crippen molar-refractivity contribution < 1.29 is 0 Å². The smallest absolute Gasteiger partial charge is 0.0965 e. The van der Waals surface area contributed by atoms with Crippen molar-refractivity contribution in [3.8, 4) is 0 Å². The first-order chi connectivity index (χ1) is 12.4. The molecule has 0 N–H and O–H groups in total. The van der Waals surface area contributed by atoms with E-state index in [-0.39, 0.29) is 0 Å². The molecule has 0 radical (unpaired) electrons. The van der Waals surface area contributed by atoms with Gasteiger partial charge in [0.25, 0.3) is 0 Å². The topological polar surface area (TPSA) is 25.8 Å². The van der Waals surface area contributed by atoms with E-state index in [2.05, 4.69) is 72.8 Å². The van der Waals surface area contributed by atoms with Crippen LogP contribution in [-0.2, 0) is 6.42 Å². The first kappa shape index (κ1) is 14.1. The Morgan fingerprint density at radius 2 is 1.36 bits per heavy atom. The molecule has 4 aromatic carbocycles. The maximum atomic E-state index is 4.86. The predicted molar refractivity (Wildman–Crippen MR) is 104 cm³/mol. The van der Waals surface area contributed by atoms with Gasteiger partial charge < -0.3 is 0 Å². The number of hydrogen-bond acceptors (Lipinski definition) is 2. The summed E-state index contributed by atoms with van der Waals surface area (Å²) in [6.07, 6.45) is 2.70. The van der Waals surface area contributed by atoms with Gasteiger partial charge in [0.05, 0.1) is 16.7 Å². The summed E-state index contributed by atoms with van der Waals surface area (Å²) in [5.41, 5.74) is 4.21. The Morgan fingerprint density at radius 1 is 0.640 bits per heavy atom. The molecule has 0 fully saturated rings. The molecule has 0 bridgehead atoms. The molecule has 118 valence electrons. The fourth-order valence-corrected chi connectivity index (χ4v) is 3.52. The first-order valence-corrected chi connectivity index (χ1v) is 8.48. The van der Waals surface area contributed by atoms with Crippen molar-refractivity contribution in [2.75, 3.05) is 0 Å². The van der Waals surface area contributed by atoms with Gasteiger partial charge in [-0.3, -0.25) is 4.98 Å². The van der Waals surface area contributed by atoms with Crippen LogP contribution in [0.1, 0.15) is 11.3 Å². The SMILES string of the molecule is c1ccc2c(Cc3cnc4c(ccc5ccccc54)n3)cccc2c1. The van der Waals surface area contributed by atoms with Crippen molar-refractivity contribution in [3.05, 3.63) is 96.3 Å². The van der Waals surface area contributed by atoms with E-state index >= 15 is 0 Å². The van der Waals surface area contributed by atoms with Gasteiger partial charge in [-0.2, -0.15) is 0 Å². The van der Waals surface area contributed by atoms with Gasteiger partial charge in [0, 0.05) is 18.0 Å². The van der Waals surface area contributed by atoms with Crippen LogP contribution in [0, 0.1) is 0 Å². The van der Waals surface area contributed by atoms with Crippen LogP contribution in [0.15, 0.2) is 85.1 Å². The van der Waals surface area contributed by atoms with Gasteiger partial charge in [-0.05, 0) is 27.8 Å². The van der Waals surface area contributed by atoms with Crippen LogP contribution in [-0.4, -0.2) is 9.97 Å². The van der Waals surface area contributed by atoms with E-state index in [4.69, 9.17) is 9.97 Å². The van der Waals surface area contributed by atoms with Gasteiger partial charge in [-0.1, -0.05) is 72.8 Å². The number of fused-ring (bicyclic) bond motifs is 4. The van der Waals surface area contributed by atoms with Crippen LogP contribution in [0.5, 0.6) is 0 Å². The molecule has 0 unspecified atom stereocenters. The van der Waals surface area contributed by atoms with Crippen LogP contribution in [0.4, 0.5) is 0 Å². The van der Waals surface area contributed by atoms with Crippen molar-refractivity contribution in [1.82, 2.24) is 9.97 Å². The molecule has 2 heteroatoms. The van der Waals surface area contributed by atoms with Crippen LogP contribution < -0.4 is 0 Å². The zero-order valence-electron chi connectivity index (χ0n) is 13.7. The van der Waals surface area contributed by atoms with E-state index in [1.165, 1.54) is 21.7 Å². The normalized spacial score (nSPS) is 11.4. The third-order valence-corrected chi connectivity index (χ3v) is 4.74. The maximum absolute atomic E-state index is 4.86. The number of rotatable bonds is 2. The minimum absolute atomic E-state index is 0.789. The molecule has 5 aromatic rings. The first-order valence-electron chi connectivity index (χ1n) is 8.48. The van der Waals surface area contributed by atoms with Gasteiger partial charge in [0.2, 0.25) is 0 Å². The molecule has 2 nitrogen and oxygen atoms in total. The number of nitrogens with zero attached hydrogens (tertiary/aromatic N) is 2. The van der Waals surface area contributed by atoms with E-state index in [1.54, 1.807) is 0 Å². The van der Waals surface area contributed by atoms with E-state index in [0.29, 0.717) is 0 Å². The number of hydrogen-bond donors (Lipinski definition) is 0. The van der Waals surface area contributed by atoms with Crippen molar-refractivity contribution in [3.63, 3.8) is 0 Å². The standard InChI is InChI=1S/C23H16N2/c1-3-10-20-16(6-1)8-5-9-18(20)14-19-15-24-23-21-11-4-2-7-17(21)12-13-22(23)25-19/h1-13,15H,14H2. The Bertz CT molecular complexity index is 1220. The largest absolute Gasteiger partial charge is 0.252 e. The van der Waals surface area contributed by atoms with Crippen LogP contribution in [0.25, 0.3) is 32.6 Å². The van der Waals surface area contributed by atoms with Crippen LogP contribution in [0.3, 0.4) is 0 Å². The lowest BCUT2D eigenvalue weighted by molar-refractivity contribution is 1.08. The van der Waals surface area contributed by atoms with E-state index in [0.717, 1.165) is 28.5 Å². The van der Waals surface area contributed by atoms with Crippen LogP contribution >= 0.6 is 0 Å². The molecule has 0 spiro atoms. The molecule has 0 saturated heterocycles. The predicted octanol–water partition coefficient (Wildman–Crippen LogP) is 5.53. The summed E-state index contributed by atoms with van der Waals surface area (Å²) >= 11 is 0. The lowest BCUT2D eigenvalue weighted by Crippen LogP contribution is -1.96. The molecule has 1 aromatic heterocycles. The second-order valence-corrected chi connectivity index (χ2v) is 6.33. The highest BCUT2D eigenvalue weighted by Gasteiger charge is 2.07. The summed E-state index contributed by atoms with van der Waals surface area (Å²) in [7, 11) is 0. The number of aromatic nitrogens is 2. The molecule has 0 saturated carbocycles. The Kier molecular flexibility index (Phi) is 3.20. The summed E-state index contributed by atoms with van der Waals surface area (Å²) in [5.74, 6) is 0. The molecule has 1 heterocycles. The Hall–Kier alpha value is -3.26. The van der Waals surface area contributed by atoms with Crippen molar-refractivity contribution in [2.45, 2.75) is 6.42 Å². The van der Waals surface area contributed by atoms with Crippen molar-refractivity contribution in [2.24, 2.45) is 0 Å². The quantitative estimate of drug-likeness (QED) is 0.400. The molecule has 5 rings (SSSR count). The maximum Gasteiger partial charge on any atom is 0.0965 e. The second kappa shape index (κ2) is 5.67. The minimum atomic E-state index is 0.789. The van der Waals surface area contributed by atoms with Gasteiger partial charge in [0.1, 0.15) is 0 Å². The molecule has 25 heavy (non-hydrogen) atoms. The minimum Gasteiger partial charge on any atom is -0.252 e. The van der Waals surface area contributed by atoms with E-state index in [1.807, 2.05) is 12.3 Å². The number of benzene rings is 4. The Balaban J connectivity index is 1.62. The third kappa shape index (κ3) is 2.43. The molecule has 0 atom stereocenters. The van der Waals surface area contributed by atoms with Gasteiger partial charge >= 0.3 is 0 Å². The van der Waals surface area contributed by atoms with Crippen molar-refractivity contribution in [1.29, 1.82) is 0 Å². The average molecular weight is 320 g/mol. The third-order valence-electron chi connectivity index (χ3n) is 4.74. The highest BCUT2D eigenvalue weighted by atomic mass is 14.8. The monoisotopic (exact) mass is 320 g/mol. The van der Waals surface area contributed by atoms with Crippen molar-refractivity contribution >= 4 is 32.6 Å². The zero-order chi connectivity index (χ0) is 16.6. The molecular formula is C23H16N2. The summed E-state index contributed by atoms with van der Waals surface area (Å²) in [5, 5.41) is 4.90. The lowest BCUT2D eigenvalue weighted by Gasteiger charge is -2.08. The van der Waals surface area contributed by atoms with Gasteiger partial charge in [0.15, 0.2) is 0 Å². The Labute approximate surface area is 145 Å². The summed E-state index contributed by atoms with van der Waals surface area (Å²) in [6, 6.07) is 27.4. The highest BCUT2D eigenvalue weighted by Crippen LogP contribution is 2.24.